The molecule has 0 amide bonds. The zero-order chi connectivity index (χ0) is 8.27. The molecule has 1 N–H and O–H groups in total. The van der Waals surface area contributed by atoms with Gasteiger partial charge in [-0.25, -0.2) is 9.18 Å². The Morgan fingerprint density at radius 2 is 2.55 bits per heavy atom. The summed E-state index contributed by atoms with van der Waals surface area (Å²) in [6.45, 7) is 1.14. The van der Waals surface area contributed by atoms with E-state index in [1.54, 1.807) is 0 Å². The Balaban J connectivity index is 2.23. The van der Waals surface area contributed by atoms with Crippen molar-refractivity contribution in [3.05, 3.63) is 0 Å². The van der Waals surface area contributed by atoms with Crippen LogP contribution in [0.25, 0.3) is 0 Å². The van der Waals surface area contributed by atoms with Crippen molar-refractivity contribution in [3.8, 4) is 0 Å². The number of hydrogen-bond donors (Lipinski definition) is 1. The highest BCUT2D eigenvalue weighted by Gasteiger charge is 2.24. The van der Waals surface area contributed by atoms with Gasteiger partial charge in [0.15, 0.2) is 6.17 Å². The Morgan fingerprint density at radius 1 is 1.82 bits per heavy atom. The molecule has 64 valence electrons. The molecule has 1 heterocycles. The lowest BCUT2D eigenvalue weighted by molar-refractivity contribution is -0.143. The average Bonchev–Trinajstić information content (AvgIpc) is 2.39. The van der Waals surface area contributed by atoms with Gasteiger partial charge >= 0.3 is 5.97 Å². The van der Waals surface area contributed by atoms with Crippen LogP contribution in [0, 0.1) is 5.92 Å². The third-order valence-electron chi connectivity index (χ3n) is 1.83. The normalized spacial score (nSPS) is 26.8. The number of rotatable bonds is 3. The zero-order valence-electron chi connectivity index (χ0n) is 6.12. The Morgan fingerprint density at radius 3 is 3.00 bits per heavy atom. The van der Waals surface area contributed by atoms with Crippen molar-refractivity contribution in [2.75, 3.05) is 13.2 Å². The fourth-order valence-corrected chi connectivity index (χ4v) is 1.16. The maximum Gasteiger partial charge on any atom is 0.338 e. The Labute approximate surface area is 64.2 Å². The first kappa shape index (κ1) is 8.46. The van der Waals surface area contributed by atoms with E-state index in [-0.39, 0.29) is 12.3 Å². The molecule has 0 aromatic rings. The Hall–Kier alpha value is -0.640. The molecule has 4 heteroatoms. The summed E-state index contributed by atoms with van der Waals surface area (Å²) < 4.78 is 17.5. The number of alkyl halides is 1. The van der Waals surface area contributed by atoms with Gasteiger partial charge in [-0.15, -0.1) is 0 Å². The number of halogens is 1. The summed E-state index contributed by atoms with van der Waals surface area (Å²) >= 11 is 0. The summed E-state index contributed by atoms with van der Waals surface area (Å²) in [5.41, 5.74) is 0. The van der Waals surface area contributed by atoms with E-state index in [2.05, 4.69) is 0 Å². The lowest BCUT2D eigenvalue weighted by Gasteiger charge is -2.07. The van der Waals surface area contributed by atoms with Gasteiger partial charge in [-0.3, -0.25) is 0 Å². The SMILES string of the molecule is O=C(O)[C@H](F)C[C@@H]1CCOC1. The predicted octanol–water partition coefficient (Wildman–Crippen LogP) is 0.836. The summed E-state index contributed by atoms with van der Waals surface area (Å²) in [4.78, 5) is 10.1. The number of ether oxygens (including phenoxy) is 1. The lowest BCUT2D eigenvalue weighted by Crippen LogP contribution is -2.18. The van der Waals surface area contributed by atoms with Crippen LogP contribution < -0.4 is 0 Å². The van der Waals surface area contributed by atoms with Crippen LogP contribution in [0.4, 0.5) is 4.39 Å². The van der Waals surface area contributed by atoms with Crippen molar-refractivity contribution >= 4 is 5.97 Å². The van der Waals surface area contributed by atoms with Gasteiger partial charge in [0.05, 0.1) is 0 Å². The van der Waals surface area contributed by atoms with E-state index >= 15 is 0 Å². The van der Waals surface area contributed by atoms with Gasteiger partial charge in [-0.1, -0.05) is 0 Å². The van der Waals surface area contributed by atoms with E-state index in [1.165, 1.54) is 0 Å². The van der Waals surface area contributed by atoms with Crippen molar-refractivity contribution in [3.63, 3.8) is 0 Å². The maximum absolute atomic E-state index is 12.5. The van der Waals surface area contributed by atoms with Gasteiger partial charge in [-0.05, 0) is 18.8 Å². The maximum atomic E-state index is 12.5. The molecule has 0 bridgehead atoms. The smallest absolute Gasteiger partial charge is 0.338 e. The van der Waals surface area contributed by atoms with Gasteiger partial charge < -0.3 is 9.84 Å². The van der Waals surface area contributed by atoms with Crippen LogP contribution in [0.1, 0.15) is 12.8 Å². The molecule has 1 fully saturated rings. The molecule has 1 rings (SSSR count). The molecule has 11 heavy (non-hydrogen) atoms. The third-order valence-corrected chi connectivity index (χ3v) is 1.83. The monoisotopic (exact) mass is 162 g/mol. The van der Waals surface area contributed by atoms with E-state index in [0.717, 1.165) is 6.42 Å². The highest BCUT2D eigenvalue weighted by Crippen LogP contribution is 2.19. The van der Waals surface area contributed by atoms with E-state index in [9.17, 15) is 9.18 Å². The summed E-state index contributed by atoms with van der Waals surface area (Å²) in [6, 6.07) is 0. The van der Waals surface area contributed by atoms with Crippen molar-refractivity contribution in [1.82, 2.24) is 0 Å². The van der Waals surface area contributed by atoms with Crippen LogP contribution in [0.5, 0.6) is 0 Å². The number of hydrogen-bond acceptors (Lipinski definition) is 2. The number of carboxylic acid groups (broad SMARTS) is 1. The van der Waals surface area contributed by atoms with Crippen LogP contribution in [0.2, 0.25) is 0 Å². The number of carboxylic acids is 1. The molecule has 1 saturated heterocycles. The molecule has 0 aliphatic carbocycles. The molecule has 0 spiro atoms. The van der Waals surface area contributed by atoms with Gasteiger partial charge in [0.2, 0.25) is 0 Å². The second-order valence-electron chi connectivity index (χ2n) is 2.77. The van der Waals surface area contributed by atoms with Crippen LogP contribution in [0.15, 0.2) is 0 Å². The summed E-state index contributed by atoms with van der Waals surface area (Å²) in [5, 5.41) is 8.23. The van der Waals surface area contributed by atoms with Gasteiger partial charge in [0.25, 0.3) is 0 Å². The standard InChI is InChI=1S/C7H11FO3/c8-6(7(9)10)3-5-1-2-11-4-5/h5-6H,1-4H2,(H,9,10)/t5-,6+/m0/s1. The molecular weight excluding hydrogens is 151 g/mol. The minimum absolute atomic E-state index is 0.0926. The van der Waals surface area contributed by atoms with Crippen molar-refractivity contribution in [2.45, 2.75) is 19.0 Å². The van der Waals surface area contributed by atoms with E-state index in [0.29, 0.717) is 13.2 Å². The molecule has 1 aliphatic heterocycles. The second-order valence-corrected chi connectivity index (χ2v) is 2.77. The molecular formula is C7H11FO3. The minimum atomic E-state index is -1.72. The van der Waals surface area contributed by atoms with Crippen LogP contribution in [-0.2, 0) is 9.53 Å². The molecule has 3 nitrogen and oxygen atoms in total. The third kappa shape index (κ3) is 2.46. The van der Waals surface area contributed by atoms with Gasteiger partial charge in [0, 0.05) is 13.2 Å². The topological polar surface area (TPSA) is 46.5 Å². The van der Waals surface area contributed by atoms with E-state index in [4.69, 9.17) is 9.84 Å². The van der Waals surface area contributed by atoms with Gasteiger partial charge in [-0.2, -0.15) is 0 Å². The largest absolute Gasteiger partial charge is 0.479 e. The molecule has 0 unspecified atom stereocenters. The Bertz CT molecular complexity index is 143. The van der Waals surface area contributed by atoms with Crippen LogP contribution >= 0.6 is 0 Å². The quantitative estimate of drug-likeness (QED) is 0.668. The molecule has 2 atom stereocenters. The molecule has 0 saturated carbocycles. The zero-order valence-corrected chi connectivity index (χ0v) is 6.12. The first-order chi connectivity index (χ1) is 5.20. The van der Waals surface area contributed by atoms with Crippen molar-refractivity contribution < 1.29 is 19.0 Å². The number of aliphatic carboxylic acids is 1. The van der Waals surface area contributed by atoms with E-state index < -0.39 is 12.1 Å². The fraction of sp³-hybridized carbons (Fsp3) is 0.857. The molecule has 0 radical (unpaired) electrons. The highest BCUT2D eigenvalue weighted by atomic mass is 19.1. The van der Waals surface area contributed by atoms with Crippen molar-refractivity contribution in [2.24, 2.45) is 5.92 Å². The summed E-state index contributed by atoms with van der Waals surface area (Å²) in [7, 11) is 0. The summed E-state index contributed by atoms with van der Waals surface area (Å²) in [5.74, 6) is -1.27. The second kappa shape index (κ2) is 3.67. The van der Waals surface area contributed by atoms with Crippen LogP contribution in [0.3, 0.4) is 0 Å². The van der Waals surface area contributed by atoms with Crippen molar-refractivity contribution in [1.29, 1.82) is 0 Å². The molecule has 0 aromatic carbocycles. The average molecular weight is 162 g/mol. The number of carbonyl (C=O) groups is 1. The fourth-order valence-electron chi connectivity index (χ4n) is 1.16. The van der Waals surface area contributed by atoms with Gasteiger partial charge in [0.1, 0.15) is 0 Å². The first-order valence-corrected chi connectivity index (χ1v) is 3.64. The lowest BCUT2D eigenvalue weighted by atomic mass is 10.0. The minimum Gasteiger partial charge on any atom is -0.479 e. The first-order valence-electron chi connectivity index (χ1n) is 3.64. The van der Waals surface area contributed by atoms with E-state index in [1.807, 2.05) is 0 Å². The molecule has 0 aromatic heterocycles. The van der Waals surface area contributed by atoms with Crippen LogP contribution in [-0.4, -0.2) is 30.5 Å². The Kier molecular flexibility index (Phi) is 2.82. The molecule has 1 aliphatic rings. The summed E-state index contributed by atoms with van der Waals surface area (Å²) in [6.07, 6.45) is -0.843. The predicted molar refractivity (Wildman–Crippen MR) is 36.1 cm³/mol. The highest BCUT2D eigenvalue weighted by molar-refractivity contribution is 5.71.